The number of hydrogen-bond donors (Lipinski definition) is 3. The summed E-state index contributed by atoms with van der Waals surface area (Å²) < 4.78 is 4.18. The van der Waals surface area contributed by atoms with Crippen LogP contribution in [-0.2, 0) is 0 Å². The lowest BCUT2D eigenvalue weighted by atomic mass is 10.2. The summed E-state index contributed by atoms with van der Waals surface area (Å²) in [4.78, 5) is 5.65. The van der Waals surface area contributed by atoms with Crippen LogP contribution in [0.25, 0.3) is 11.3 Å². The maximum atomic E-state index is 5.97. The Kier molecular flexibility index (Phi) is 7.75. The number of benzene rings is 2. The molecule has 0 spiro atoms. The zero-order valence-electron chi connectivity index (χ0n) is 16.0. The quantitative estimate of drug-likeness (QED) is 0.157. The van der Waals surface area contributed by atoms with Crippen molar-refractivity contribution in [2.75, 3.05) is 16.9 Å². The number of halogens is 1. The molecule has 0 fully saturated rings. The monoisotopic (exact) mass is 473 g/mol. The predicted molar refractivity (Wildman–Crippen MR) is 136 cm³/mol. The molecule has 0 bridgehead atoms. The standard InChI is InChI=1S/C21H19N5S3.ClH/c1-27-26-20(22)19-11-14(12-28-19)18-13-29-21(25-18)24-17-9-7-16(8-10-17)23-15-5-3-2-4-6-15;/h2-13,23H,1H3,(H2,22,26)(H,24,25);1H. The van der Waals surface area contributed by atoms with Gasteiger partial charge in [0.05, 0.1) is 10.6 Å². The van der Waals surface area contributed by atoms with E-state index in [1.165, 1.54) is 11.9 Å². The summed E-state index contributed by atoms with van der Waals surface area (Å²) in [6.07, 6.45) is 1.89. The first-order chi connectivity index (χ1) is 14.2. The Morgan fingerprint density at radius 3 is 2.30 bits per heavy atom. The average Bonchev–Trinajstić information content (AvgIpc) is 3.40. The molecule has 2 aromatic carbocycles. The van der Waals surface area contributed by atoms with Crippen LogP contribution in [0.15, 0.2) is 75.8 Å². The minimum absolute atomic E-state index is 0. The van der Waals surface area contributed by atoms with E-state index in [2.05, 4.69) is 20.4 Å². The van der Waals surface area contributed by atoms with E-state index in [-0.39, 0.29) is 12.4 Å². The van der Waals surface area contributed by atoms with E-state index >= 15 is 0 Å². The molecule has 9 heteroatoms. The highest BCUT2D eigenvalue weighted by molar-refractivity contribution is 7.97. The summed E-state index contributed by atoms with van der Waals surface area (Å²) in [7, 11) is 0. The van der Waals surface area contributed by atoms with Gasteiger partial charge in [0.15, 0.2) is 5.13 Å². The number of nitrogens with zero attached hydrogens (tertiary/aromatic N) is 2. The molecule has 0 amide bonds. The van der Waals surface area contributed by atoms with Crippen molar-refractivity contribution in [2.24, 2.45) is 10.1 Å². The van der Waals surface area contributed by atoms with Gasteiger partial charge in [0.1, 0.15) is 5.84 Å². The summed E-state index contributed by atoms with van der Waals surface area (Å²) in [6.45, 7) is 0. The first kappa shape index (κ1) is 22.2. The predicted octanol–water partition coefficient (Wildman–Crippen LogP) is 6.76. The number of thiophene rings is 1. The van der Waals surface area contributed by atoms with Gasteiger partial charge in [-0.2, -0.15) is 4.40 Å². The van der Waals surface area contributed by atoms with Gasteiger partial charge in [-0.05, 0) is 54.4 Å². The lowest BCUT2D eigenvalue weighted by Gasteiger charge is -2.07. The van der Waals surface area contributed by atoms with Crippen LogP contribution < -0.4 is 16.4 Å². The van der Waals surface area contributed by atoms with Crippen molar-refractivity contribution in [1.29, 1.82) is 0 Å². The Morgan fingerprint density at radius 1 is 0.933 bits per heavy atom. The second-order valence-electron chi connectivity index (χ2n) is 6.09. The van der Waals surface area contributed by atoms with Gasteiger partial charge in [0.2, 0.25) is 0 Å². The molecule has 0 unspecified atom stereocenters. The summed E-state index contributed by atoms with van der Waals surface area (Å²) in [5, 5.41) is 11.7. The van der Waals surface area contributed by atoms with E-state index in [1.807, 2.05) is 72.3 Å². The van der Waals surface area contributed by atoms with E-state index in [9.17, 15) is 0 Å². The average molecular weight is 474 g/mol. The van der Waals surface area contributed by atoms with Gasteiger partial charge < -0.3 is 16.4 Å². The number of para-hydroxylation sites is 1. The molecule has 0 saturated heterocycles. The molecule has 0 aliphatic heterocycles. The molecule has 4 N–H and O–H groups in total. The first-order valence-electron chi connectivity index (χ1n) is 8.82. The van der Waals surface area contributed by atoms with Crippen molar-refractivity contribution < 1.29 is 0 Å². The number of rotatable bonds is 7. The van der Waals surface area contributed by atoms with E-state index in [4.69, 9.17) is 10.7 Å². The second kappa shape index (κ2) is 10.5. The van der Waals surface area contributed by atoms with Gasteiger partial charge in [-0.3, -0.25) is 0 Å². The van der Waals surface area contributed by atoms with Crippen molar-refractivity contribution in [1.82, 2.24) is 4.98 Å². The Hall–Kier alpha value is -2.52. The van der Waals surface area contributed by atoms with Crippen LogP contribution in [0.2, 0.25) is 0 Å². The van der Waals surface area contributed by atoms with Crippen molar-refractivity contribution in [2.45, 2.75) is 0 Å². The zero-order chi connectivity index (χ0) is 20.1. The van der Waals surface area contributed by atoms with Crippen LogP contribution in [0.3, 0.4) is 0 Å². The fourth-order valence-electron chi connectivity index (χ4n) is 2.66. The van der Waals surface area contributed by atoms with Crippen LogP contribution in [0.4, 0.5) is 22.2 Å². The lowest BCUT2D eigenvalue weighted by Crippen LogP contribution is -2.09. The number of aromatic nitrogens is 1. The van der Waals surface area contributed by atoms with Crippen molar-refractivity contribution >= 4 is 75.1 Å². The molecule has 154 valence electrons. The third kappa shape index (κ3) is 5.54. The van der Waals surface area contributed by atoms with E-state index < -0.39 is 0 Å². The minimum atomic E-state index is 0. The molecule has 30 heavy (non-hydrogen) atoms. The molecular formula is C21H20ClN5S3. The molecule has 0 aliphatic rings. The van der Waals surface area contributed by atoms with Crippen LogP contribution in [0, 0.1) is 0 Å². The summed E-state index contributed by atoms with van der Waals surface area (Å²) in [5.74, 6) is 0.548. The van der Waals surface area contributed by atoms with Gasteiger partial charge >= 0.3 is 0 Å². The summed E-state index contributed by atoms with van der Waals surface area (Å²) in [6, 6.07) is 20.3. The van der Waals surface area contributed by atoms with E-state index in [0.29, 0.717) is 5.84 Å². The molecule has 0 atom stereocenters. The van der Waals surface area contributed by atoms with E-state index in [1.54, 1.807) is 22.7 Å². The molecule has 0 radical (unpaired) electrons. The van der Waals surface area contributed by atoms with Gasteiger partial charge in [0.25, 0.3) is 0 Å². The van der Waals surface area contributed by atoms with Crippen molar-refractivity contribution in [3.63, 3.8) is 0 Å². The smallest absolute Gasteiger partial charge is 0.187 e. The molecule has 2 heterocycles. The number of nitrogens with one attached hydrogen (secondary N) is 2. The zero-order valence-corrected chi connectivity index (χ0v) is 19.3. The lowest BCUT2D eigenvalue weighted by molar-refractivity contribution is 1.39. The number of anilines is 4. The normalized spacial score (nSPS) is 11.0. The highest BCUT2D eigenvalue weighted by Crippen LogP contribution is 2.30. The van der Waals surface area contributed by atoms with Gasteiger partial charge in [-0.15, -0.1) is 35.1 Å². The van der Waals surface area contributed by atoms with Crippen LogP contribution >= 0.6 is 47.0 Å². The first-order valence-corrected chi connectivity index (χ1v) is 11.8. The molecule has 4 aromatic rings. The topological polar surface area (TPSA) is 75.3 Å². The highest BCUT2D eigenvalue weighted by Gasteiger charge is 2.09. The fraction of sp³-hybridized carbons (Fsp3) is 0.0476. The van der Waals surface area contributed by atoms with Crippen LogP contribution in [0.5, 0.6) is 0 Å². The maximum absolute atomic E-state index is 5.97. The number of thiazole rings is 1. The van der Waals surface area contributed by atoms with Crippen molar-refractivity contribution in [3.8, 4) is 11.3 Å². The SMILES string of the molecule is CSN=C(N)c1cc(-c2csc(Nc3ccc(Nc4ccccc4)cc3)n2)cs1.Cl. The Balaban J connectivity index is 0.00000256. The van der Waals surface area contributed by atoms with Crippen molar-refractivity contribution in [3.05, 3.63) is 76.3 Å². The second-order valence-corrected chi connectivity index (χ2v) is 8.41. The van der Waals surface area contributed by atoms with Crippen LogP contribution in [0.1, 0.15) is 4.88 Å². The number of nitrogens with two attached hydrogens (primary N) is 1. The Bertz CT molecular complexity index is 1110. The summed E-state index contributed by atoms with van der Waals surface area (Å²) in [5.41, 5.74) is 11.0. The largest absolute Gasteiger partial charge is 0.382 e. The number of hydrogen-bond acceptors (Lipinski definition) is 7. The molecule has 0 aliphatic carbocycles. The third-order valence-corrected chi connectivity index (χ3v) is 6.13. The van der Waals surface area contributed by atoms with Gasteiger partial charge in [-0.1, -0.05) is 18.2 Å². The van der Waals surface area contributed by atoms with E-state index in [0.717, 1.165) is 38.3 Å². The summed E-state index contributed by atoms with van der Waals surface area (Å²) >= 11 is 4.51. The maximum Gasteiger partial charge on any atom is 0.187 e. The number of amidine groups is 1. The molecule has 4 rings (SSSR count). The molecule has 5 nitrogen and oxygen atoms in total. The van der Waals surface area contributed by atoms with Gasteiger partial charge in [0, 0.05) is 39.6 Å². The highest BCUT2D eigenvalue weighted by atomic mass is 35.5. The third-order valence-electron chi connectivity index (χ3n) is 4.04. The Labute approximate surface area is 194 Å². The molecule has 2 aromatic heterocycles. The minimum Gasteiger partial charge on any atom is -0.382 e. The molecular weight excluding hydrogens is 454 g/mol. The Morgan fingerprint density at radius 2 is 1.60 bits per heavy atom. The van der Waals surface area contributed by atoms with Gasteiger partial charge in [-0.25, -0.2) is 4.98 Å². The van der Waals surface area contributed by atoms with Crippen LogP contribution in [-0.4, -0.2) is 17.1 Å². The fourth-order valence-corrected chi connectivity index (χ4v) is 4.56. The molecule has 0 saturated carbocycles.